The first kappa shape index (κ1) is 17.6. The van der Waals surface area contributed by atoms with Crippen LogP contribution in [0.3, 0.4) is 0 Å². The Hall–Kier alpha value is -2.17. The van der Waals surface area contributed by atoms with Crippen LogP contribution in [0.25, 0.3) is 0 Å². The maximum Gasteiger partial charge on any atom is 0.261 e. The Morgan fingerprint density at radius 1 is 0.920 bits per heavy atom. The summed E-state index contributed by atoms with van der Waals surface area (Å²) in [5, 5.41) is 24.8. The van der Waals surface area contributed by atoms with E-state index in [1.165, 1.54) is 0 Å². The second kappa shape index (κ2) is 7.38. The van der Waals surface area contributed by atoms with Gasteiger partial charge in [0.25, 0.3) is 5.91 Å². The van der Waals surface area contributed by atoms with E-state index in [1.807, 2.05) is 12.1 Å². The highest BCUT2D eigenvalue weighted by Crippen LogP contribution is 2.31. The first-order valence-electron chi connectivity index (χ1n) is 8.89. The zero-order valence-corrected chi connectivity index (χ0v) is 14.3. The third-order valence-electron chi connectivity index (χ3n) is 5.07. The van der Waals surface area contributed by atoms with Gasteiger partial charge in [-0.15, -0.1) is 0 Å². The third kappa shape index (κ3) is 3.75. The number of benzene rings is 2. The van der Waals surface area contributed by atoms with Crippen LogP contribution in [0.5, 0.6) is 0 Å². The van der Waals surface area contributed by atoms with Crippen molar-refractivity contribution in [3.63, 3.8) is 0 Å². The number of carbonyl (C=O) groups excluding carboxylic acids is 1. The highest BCUT2D eigenvalue weighted by atomic mass is 16.3. The zero-order valence-electron chi connectivity index (χ0n) is 14.3. The van der Waals surface area contributed by atoms with Gasteiger partial charge in [0.1, 0.15) is 0 Å². The highest BCUT2D eigenvalue weighted by Gasteiger charge is 2.41. The summed E-state index contributed by atoms with van der Waals surface area (Å²) >= 11 is 0. The van der Waals surface area contributed by atoms with Crippen LogP contribution in [-0.2, 0) is 10.4 Å². The average Bonchev–Trinajstić information content (AvgIpc) is 2.67. The fourth-order valence-electron chi connectivity index (χ4n) is 3.55. The molecular weight excluding hydrogens is 314 g/mol. The third-order valence-corrected chi connectivity index (χ3v) is 5.07. The highest BCUT2D eigenvalue weighted by molar-refractivity contribution is 5.90. The molecule has 0 radical (unpaired) electrons. The first-order valence-corrected chi connectivity index (χ1v) is 8.89. The fraction of sp³-hybridized carbons (Fsp3) is 0.381. The molecule has 0 heterocycles. The lowest BCUT2D eigenvalue weighted by Gasteiger charge is -2.34. The van der Waals surface area contributed by atoms with Gasteiger partial charge in [0.05, 0.1) is 5.60 Å². The molecule has 1 fully saturated rings. The molecule has 3 N–H and O–H groups in total. The smallest absolute Gasteiger partial charge is 0.261 e. The van der Waals surface area contributed by atoms with Crippen LogP contribution in [0.4, 0.5) is 0 Å². The Kier molecular flexibility index (Phi) is 5.21. The molecule has 0 saturated heterocycles. The monoisotopic (exact) mass is 339 g/mol. The van der Waals surface area contributed by atoms with E-state index in [-0.39, 0.29) is 6.54 Å². The summed E-state index contributed by atoms with van der Waals surface area (Å²) in [5.41, 5.74) is -1.64. The van der Waals surface area contributed by atoms with Gasteiger partial charge in [-0.3, -0.25) is 4.79 Å². The van der Waals surface area contributed by atoms with Crippen LogP contribution in [0.15, 0.2) is 60.7 Å². The number of carbonyl (C=O) groups is 1. The van der Waals surface area contributed by atoms with Gasteiger partial charge < -0.3 is 15.5 Å². The molecule has 4 heteroatoms. The lowest BCUT2D eigenvalue weighted by atomic mass is 9.83. The van der Waals surface area contributed by atoms with Gasteiger partial charge in [0, 0.05) is 6.54 Å². The topological polar surface area (TPSA) is 69.6 Å². The standard InChI is InChI=1S/C21H25NO3/c23-19(22-16-20(24)14-8-3-9-15-20)21(25,17-10-4-1-5-11-17)18-12-6-2-7-13-18/h1-2,4-7,10-13,24-25H,3,8-9,14-16H2,(H,22,23). The molecule has 25 heavy (non-hydrogen) atoms. The molecule has 1 aliphatic rings. The van der Waals surface area contributed by atoms with Gasteiger partial charge in [-0.2, -0.15) is 0 Å². The largest absolute Gasteiger partial charge is 0.388 e. The van der Waals surface area contributed by atoms with E-state index in [0.29, 0.717) is 24.0 Å². The zero-order chi connectivity index (χ0) is 17.8. The van der Waals surface area contributed by atoms with Crippen LogP contribution in [0.1, 0.15) is 43.2 Å². The summed E-state index contributed by atoms with van der Waals surface area (Å²) in [6, 6.07) is 17.8. The summed E-state index contributed by atoms with van der Waals surface area (Å²) in [4.78, 5) is 13.0. The minimum absolute atomic E-state index is 0.161. The number of amides is 1. The molecule has 0 bridgehead atoms. The minimum Gasteiger partial charge on any atom is -0.388 e. The van der Waals surface area contributed by atoms with Crippen molar-refractivity contribution in [2.75, 3.05) is 6.54 Å². The maximum atomic E-state index is 13.0. The molecule has 1 amide bonds. The minimum atomic E-state index is -1.78. The molecule has 0 unspecified atom stereocenters. The summed E-state index contributed by atoms with van der Waals surface area (Å²) in [7, 11) is 0. The van der Waals surface area contributed by atoms with Crippen molar-refractivity contribution in [2.45, 2.75) is 43.3 Å². The van der Waals surface area contributed by atoms with Gasteiger partial charge in [-0.1, -0.05) is 79.9 Å². The number of aliphatic hydroxyl groups is 2. The van der Waals surface area contributed by atoms with E-state index in [2.05, 4.69) is 5.32 Å². The average molecular weight is 339 g/mol. The molecule has 132 valence electrons. The van der Waals surface area contributed by atoms with Crippen molar-refractivity contribution >= 4 is 5.91 Å². The second-order valence-corrected chi connectivity index (χ2v) is 6.91. The van der Waals surface area contributed by atoms with E-state index >= 15 is 0 Å². The van der Waals surface area contributed by atoms with E-state index in [1.54, 1.807) is 48.5 Å². The fourth-order valence-corrected chi connectivity index (χ4v) is 3.55. The number of hydrogen-bond acceptors (Lipinski definition) is 3. The van der Waals surface area contributed by atoms with E-state index in [4.69, 9.17) is 0 Å². The molecular formula is C21H25NO3. The molecule has 0 aliphatic heterocycles. The molecule has 3 rings (SSSR count). The molecule has 4 nitrogen and oxygen atoms in total. The molecule has 0 atom stereocenters. The Labute approximate surface area is 148 Å². The lowest BCUT2D eigenvalue weighted by molar-refractivity contribution is -0.138. The second-order valence-electron chi connectivity index (χ2n) is 6.91. The van der Waals surface area contributed by atoms with Gasteiger partial charge in [-0.25, -0.2) is 0 Å². The van der Waals surface area contributed by atoms with Crippen molar-refractivity contribution in [1.82, 2.24) is 5.32 Å². The van der Waals surface area contributed by atoms with Crippen molar-refractivity contribution < 1.29 is 15.0 Å². The quantitative estimate of drug-likeness (QED) is 0.784. The normalized spacial score (nSPS) is 17.0. The maximum absolute atomic E-state index is 13.0. The number of rotatable bonds is 5. The van der Waals surface area contributed by atoms with Gasteiger partial charge in [0.2, 0.25) is 0 Å². The van der Waals surface area contributed by atoms with Gasteiger partial charge in [-0.05, 0) is 24.0 Å². The summed E-state index contributed by atoms with van der Waals surface area (Å²) in [6.45, 7) is 0.161. The predicted molar refractivity (Wildman–Crippen MR) is 96.9 cm³/mol. The van der Waals surface area contributed by atoms with E-state index in [0.717, 1.165) is 19.3 Å². The predicted octanol–water partition coefficient (Wildman–Crippen LogP) is 2.73. The van der Waals surface area contributed by atoms with Crippen LogP contribution < -0.4 is 5.32 Å². The van der Waals surface area contributed by atoms with Gasteiger partial charge in [0.15, 0.2) is 5.60 Å². The van der Waals surface area contributed by atoms with E-state index < -0.39 is 17.1 Å². The van der Waals surface area contributed by atoms with Crippen LogP contribution in [0, 0.1) is 0 Å². The van der Waals surface area contributed by atoms with Crippen molar-refractivity contribution in [1.29, 1.82) is 0 Å². The van der Waals surface area contributed by atoms with Crippen LogP contribution >= 0.6 is 0 Å². The van der Waals surface area contributed by atoms with Crippen LogP contribution in [-0.4, -0.2) is 28.3 Å². The molecule has 0 aromatic heterocycles. The van der Waals surface area contributed by atoms with Crippen molar-refractivity contribution in [2.24, 2.45) is 0 Å². The van der Waals surface area contributed by atoms with E-state index in [9.17, 15) is 15.0 Å². The number of nitrogens with one attached hydrogen (secondary N) is 1. The Morgan fingerprint density at radius 3 is 1.88 bits per heavy atom. The van der Waals surface area contributed by atoms with Crippen LogP contribution in [0.2, 0.25) is 0 Å². The van der Waals surface area contributed by atoms with Gasteiger partial charge >= 0.3 is 0 Å². The Bertz CT molecular complexity index is 654. The summed E-state index contributed by atoms with van der Waals surface area (Å²) in [6.07, 6.45) is 4.42. The SMILES string of the molecule is O=C(NCC1(O)CCCCC1)C(O)(c1ccccc1)c1ccccc1. The Morgan fingerprint density at radius 2 is 1.40 bits per heavy atom. The van der Waals surface area contributed by atoms with Crippen molar-refractivity contribution in [3.05, 3.63) is 71.8 Å². The number of hydrogen-bond donors (Lipinski definition) is 3. The summed E-state index contributed by atoms with van der Waals surface area (Å²) in [5.74, 6) is -0.510. The molecule has 2 aromatic carbocycles. The lowest BCUT2D eigenvalue weighted by Crippen LogP contribution is -2.51. The molecule has 2 aromatic rings. The summed E-state index contributed by atoms with van der Waals surface area (Å²) < 4.78 is 0. The first-order chi connectivity index (χ1) is 12.0. The van der Waals surface area contributed by atoms with Crippen molar-refractivity contribution in [3.8, 4) is 0 Å². The molecule has 0 spiro atoms. The molecule has 1 saturated carbocycles. The Balaban J connectivity index is 1.86. The molecule has 1 aliphatic carbocycles.